The molecular weight excluding hydrogens is 232 g/mol. The smallest absolute Gasteiger partial charge is 0.358 e. The molecule has 0 aromatic carbocycles. The summed E-state index contributed by atoms with van der Waals surface area (Å²) in [6, 6.07) is 0. The molecule has 0 bridgehead atoms. The largest absolute Gasteiger partial charge is 0.372 e. The molecule has 1 heterocycles. The fourth-order valence-electron chi connectivity index (χ4n) is 1.11. The van der Waals surface area contributed by atoms with Gasteiger partial charge in [0.15, 0.2) is 6.20 Å². The van der Waals surface area contributed by atoms with E-state index in [1.54, 1.807) is 0 Å². The first-order valence-corrected chi connectivity index (χ1v) is 4.16. The number of hydrogen-bond acceptors (Lipinski definition) is 4. The van der Waals surface area contributed by atoms with Crippen LogP contribution in [0.25, 0.3) is 0 Å². The van der Waals surface area contributed by atoms with Crippen LogP contribution >= 0.6 is 11.6 Å². The van der Waals surface area contributed by atoms with Gasteiger partial charge in [0.25, 0.3) is 6.43 Å². The van der Waals surface area contributed by atoms with Crippen molar-refractivity contribution < 1.29 is 13.7 Å². The fraction of sp³-hybridized carbons (Fsp3) is 0.286. The lowest BCUT2D eigenvalue weighted by Crippen LogP contribution is -2.08. The zero-order chi connectivity index (χ0) is 11.6. The van der Waals surface area contributed by atoms with Crippen LogP contribution in [0.5, 0.6) is 0 Å². The third kappa shape index (κ3) is 2.18. The highest BCUT2D eigenvalue weighted by molar-refractivity contribution is 6.31. The van der Waals surface area contributed by atoms with E-state index in [0.29, 0.717) is 0 Å². The van der Waals surface area contributed by atoms with Crippen molar-refractivity contribution in [1.82, 2.24) is 4.98 Å². The lowest BCUT2D eigenvalue weighted by atomic mass is 10.1. The van der Waals surface area contributed by atoms with E-state index in [1.165, 1.54) is 0 Å². The maximum Gasteiger partial charge on any atom is 0.372 e. The molecule has 2 N–H and O–H groups in total. The first kappa shape index (κ1) is 11.7. The lowest BCUT2D eigenvalue weighted by Gasteiger charge is -2.07. The molecule has 82 valence electrons. The van der Waals surface area contributed by atoms with Crippen molar-refractivity contribution in [2.75, 3.05) is 0 Å². The van der Waals surface area contributed by atoms with Crippen molar-refractivity contribution in [1.29, 1.82) is 0 Å². The molecule has 0 unspecified atom stereocenters. The molecule has 0 atom stereocenters. The van der Waals surface area contributed by atoms with E-state index in [-0.39, 0.29) is 17.1 Å². The Morgan fingerprint density at radius 1 is 1.67 bits per heavy atom. The average Bonchev–Trinajstić information content (AvgIpc) is 2.16. The van der Waals surface area contributed by atoms with E-state index < -0.39 is 22.7 Å². The second-order valence-corrected chi connectivity index (χ2v) is 2.99. The summed E-state index contributed by atoms with van der Waals surface area (Å²) in [6.07, 6.45) is -2.09. The van der Waals surface area contributed by atoms with Gasteiger partial charge in [-0.15, -0.1) is 0 Å². The Hall–Kier alpha value is -1.34. The van der Waals surface area contributed by atoms with E-state index >= 15 is 0 Å². The topological polar surface area (TPSA) is 82.0 Å². The number of hydrogen-bond donors (Lipinski definition) is 1. The zero-order valence-electron chi connectivity index (χ0n) is 7.28. The SMILES string of the molecule is NCc1c(Cl)cnc([N+](=O)[O-])c1C(F)F. The van der Waals surface area contributed by atoms with Crippen LogP contribution in [0.4, 0.5) is 14.6 Å². The molecule has 0 saturated carbocycles. The summed E-state index contributed by atoms with van der Waals surface area (Å²) < 4.78 is 25.1. The molecule has 0 amide bonds. The van der Waals surface area contributed by atoms with Gasteiger partial charge in [-0.05, 0) is 9.91 Å². The van der Waals surface area contributed by atoms with E-state index in [0.717, 1.165) is 6.20 Å². The number of nitrogens with two attached hydrogens (primary N) is 1. The predicted molar refractivity (Wildman–Crippen MR) is 48.7 cm³/mol. The maximum atomic E-state index is 12.6. The van der Waals surface area contributed by atoms with Gasteiger partial charge >= 0.3 is 5.82 Å². The second kappa shape index (κ2) is 4.45. The summed E-state index contributed by atoms with van der Waals surface area (Å²) in [4.78, 5) is 12.7. The van der Waals surface area contributed by atoms with E-state index in [1.807, 2.05) is 0 Å². The van der Waals surface area contributed by atoms with Crippen molar-refractivity contribution in [3.05, 3.63) is 32.5 Å². The van der Waals surface area contributed by atoms with Crippen LogP contribution in [-0.4, -0.2) is 9.91 Å². The highest BCUT2D eigenvalue weighted by atomic mass is 35.5. The van der Waals surface area contributed by atoms with Crippen LogP contribution in [0.1, 0.15) is 17.6 Å². The van der Waals surface area contributed by atoms with Crippen LogP contribution in [0, 0.1) is 10.1 Å². The molecule has 0 fully saturated rings. The normalized spacial score (nSPS) is 10.7. The molecule has 0 aliphatic heterocycles. The molecule has 8 heteroatoms. The monoisotopic (exact) mass is 237 g/mol. The molecule has 0 spiro atoms. The van der Waals surface area contributed by atoms with Crippen molar-refractivity contribution in [2.24, 2.45) is 5.73 Å². The minimum absolute atomic E-state index is 0.0987. The minimum atomic E-state index is -3.03. The van der Waals surface area contributed by atoms with Gasteiger partial charge in [0.1, 0.15) is 5.56 Å². The molecule has 1 aromatic heterocycles. The van der Waals surface area contributed by atoms with Crippen LogP contribution < -0.4 is 5.73 Å². The quantitative estimate of drug-likeness (QED) is 0.644. The van der Waals surface area contributed by atoms with Crippen molar-refractivity contribution in [3.8, 4) is 0 Å². The van der Waals surface area contributed by atoms with Gasteiger partial charge in [-0.3, -0.25) is 0 Å². The van der Waals surface area contributed by atoms with Gasteiger partial charge in [0.2, 0.25) is 0 Å². The number of nitrogens with zero attached hydrogens (tertiary/aromatic N) is 2. The molecular formula is C7H6ClF2N3O2. The third-order valence-corrected chi connectivity index (χ3v) is 2.08. The van der Waals surface area contributed by atoms with E-state index in [2.05, 4.69) is 4.98 Å². The average molecular weight is 238 g/mol. The highest BCUT2D eigenvalue weighted by Gasteiger charge is 2.28. The Kier molecular flexibility index (Phi) is 3.48. The molecule has 1 aromatic rings. The Morgan fingerprint density at radius 2 is 2.27 bits per heavy atom. The first-order valence-electron chi connectivity index (χ1n) is 3.79. The van der Waals surface area contributed by atoms with Crippen molar-refractivity contribution in [3.63, 3.8) is 0 Å². The molecule has 0 radical (unpaired) electrons. The van der Waals surface area contributed by atoms with Crippen molar-refractivity contribution >= 4 is 17.4 Å². The highest BCUT2D eigenvalue weighted by Crippen LogP contribution is 2.33. The summed E-state index contributed by atoms with van der Waals surface area (Å²) >= 11 is 5.55. The number of aromatic nitrogens is 1. The van der Waals surface area contributed by atoms with Crippen LogP contribution in [0.15, 0.2) is 6.20 Å². The number of rotatable bonds is 3. The first-order chi connectivity index (χ1) is 6.99. The van der Waals surface area contributed by atoms with E-state index in [4.69, 9.17) is 17.3 Å². The molecule has 0 aliphatic rings. The van der Waals surface area contributed by atoms with Crippen LogP contribution in [-0.2, 0) is 6.54 Å². The Labute approximate surface area is 88.0 Å². The Balaban J connectivity index is 3.49. The molecule has 15 heavy (non-hydrogen) atoms. The van der Waals surface area contributed by atoms with Gasteiger partial charge in [0, 0.05) is 12.1 Å². The fourth-order valence-corrected chi connectivity index (χ4v) is 1.34. The number of alkyl halides is 2. The van der Waals surface area contributed by atoms with Gasteiger partial charge < -0.3 is 15.8 Å². The van der Waals surface area contributed by atoms with Gasteiger partial charge in [-0.25, -0.2) is 8.78 Å². The van der Waals surface area contributed by atoms with E-state index in [9.17, 15) is 18.9 Å². The number of halogens is 3. The number of pyridine rings is 1. The van der Waals surface area contributed by atoms with Crippen molar-refractivity contribution in [2.45, 2.75) is 13.0 Å². The zero-order valence-corrected chi connectivity index (χ0v) is 8.04. The molecule has 0 saturated heterocycles. The summed E-state index contributed by atoms with van der Waals surface area (Å²) in [5.74, 6) is -0.908. The summed E-state index contributed by atoms with van der Waals surface area (Å²) in [5, 5.41) is 10.3. The summed E-state index contributed by atoms with van der Waals surface area (Å²) in [6.45, 7) is -0.304. The molecule has 5 nitrogen and oxygen atoms in total. The van der Waals surface area contributed by atoms with Gasteiger partial charge in [0.05, 0.1) is 5.02 Å². The standard InChI is InChI=1S/C7H6ClF2N3O2/c8-4-2-12-7(13(14)15)5(6(9)10)3(4)1-11/h2,6H,1,11H2. The lowest BCUT2D eigenvalue weighted by molar-refractivity contribution is -0.391. The molecule has 0 aliphatic carbocycles. The minimum Gasteiger partial charge on any atom is -0.358 e. The van der Waals surface area contributed by atoms with Gasteiger partial charge in [-0.1, -0.05) is 11.6 Å². The maximum absolute atomic E-state index is 12.6. The Morgan fingerprint density at radius 3 is 2.67 bits per heavy atom. The summed E-state index contributed by atoms with van der Waals surface area (Å²) in [7, 11) is 0. The number of nitro groups is 1. The van der Waals surface area contributed by atoms with Crippen LogP contribution in [0.3, 0.4) is 0 Å². The van der Waals surface area contributed by atoms with Gasteiger partial charge in [-0.2, -0.15) is 0 Å². The van der Waals surface area contributed by atoms with Crippen LogP contribution in [0.2, 0.25) is 5.02 Å². The third-order valence-electron chi connectivity index (χ3n) is 1.75. The molecule has 1 rings (SSSR count). The second-order valence-electron chi connectivity index (χ2n) is 2.58. The Bertz CT molecular complexity index is 400. The summed E-state index contributed by atoms with van der Waals surface area (Å²) in [5.41, 5.74) is 4.23. The predicted octanol–water partition coefficient (Wildman–Crippen LogP) is 2.04.